The van der Waals surface area contributed by atoms with Crippen LogP contribution < -0.4 is 10.2 Å². The summed E-state index contributed by atoms with van der Waals surface area (Å²) in [6.45, 7) is 3.99. The minimum Gasteiger partial charge on any atom is -0.490 e. The average molecular weight is 339 g/mol. The van der Waals surface area contributed by atoms with Crippen molar-refractivity contribution in [3.8, 4) is 5.75 Å². The number of nitrogens with one attached hydrogen (secondary N) is 1. The van der Waals surface area contributed by atoms with Crippen molar-refractivity contribution in [1.29, 1.82) is 0 Å². The SMILES string of the molecule is C=CCOc1cccc(/C=N\NC(=O)Cc2ccc([N+](=O)[O-])cc2)c1. The van der Waals surface area contributed by atoms with Gasteiger partial charge in [-0.05, 0) is 23.3 Å². The first-order chi connectivity index (χ1) is 12.1. The fraction of sp³-hybridized carbons (Fsp3) is 0.111. The number of amides is 1. The number of carbonyl (C=O) groups excluding carboxylic acids is 1. The summed E-state index contributed by atoms with van der Waals surface area (Å²) >= 11 is 0. The molecule has 128 valence electrons. The third kappa shape index (κ3) is 5.91. The highest BCUT2D eigenvalue weighted by atomic mass is 16.6. The van der Waals surface area contributed by atoms with Gasteiger partial charge in [0.05, 0.1) is 17.6 Å². The van der Waals surface area contributed by atoms with Gasteiger partial charge in [0.2, 0.25) is 5.91 Å². The van der Waals surface area contributed by atoms with Gasteiger partial charge in [-0.1, -0.05) is 36.9 Å². The lowest BCUT2D eigenvalue weighted by Crippen LogP contribution is -2.19. The van der Waals surface area contributed by atoms with Crippen LogP contribution in [0, 0.1) is 10.1 Å². The third-order valence-electron chi connectivity index (χ3n) is 3.14. The summed E-state index contributed by atoms with van der Waals surface area (Å²) in [5, 5.41) is 14.5. The normalized spacial score (nSPS) is 10.4. The van der Waals surface area contributed by atoms with Gasteiger partial charge in [0, 0.05) is 12.1 Å². The van der Waals surface area contributed by atoms with Gasteiger partial charge in [-0.3, -0.25) is 14.9 Å². The van der Waals surface area contributed by atoms with Crippen molar-refractivity contribution in [3.05, 3.63) is 82.4 Å². The van der Waals surface area contributed by atoms with Crippen LogP contribution in [0.4, 0.5) is 5.69 Å². The summed E-state index contributed by atoms with van der Waals surface area (Å²) < 4.78 is 5.41. The minimum atomic E-state index is -0.485. The van der Waals surface area contributed by atoms with Crippen LogP contribution in [0.15, 0.2) is 66.3 Å². The van der Waals surface area contributed by atoms with Gasteiger partial charge >= 0.3 is 0 Å². The number of nitro benzene ring substituents is 1. The number of rotatable bonds is 8. The number of nitrogens with zero attached hydrogens (tertiary/aromatic N) is 2. The average Bonchev–Trinajstić information content (AvgIpc) is 2.61. The Labute approximate surface area is 144 Å². The maximum absolute atomic E-state index is 11.8. The summed E-state index contributed by atoms with van der Waals surface area (Å²) in [5.41, 5.74) is 3.85. The lowest BCUT2D eigenvalue weighted by Gasteiger charge is -2.03. The molecule has 0 radical (unpaired) electrons. The molecule has 0 aliphatic carbocycles. The van der Waals surface area contributed by atoms with E-state index in [1.165, 1.54) is 18.3 Å². The molecule has 0 saturated heterocycles. The second-order valence-corrected chi connectivity index (χ2v) is 5.07. The van der Waals surface area contributed by atoms with E-state index in [9.17, 15) is 14.9 Å². The Balaban J connectivity index is 1.87. The monoisotopic (exact) mass is 339 g/mol. The number of ether oxygens (including phenoxy) is 1. The quantitative estimate of drug-likeness (QED) is 0.346. The predicted molar refractivity (Wildman–Crippen MR) is 94.7 cm³/mol. The van der Waals surface area contributed by atoms with Gasteiger partial charge in [-0.15, -0.1) is 0 Å². The molecule has 1 N–H and O–H groups in total. The van der Waals surface area contributed by atoms with E-state index in [1.807, 2.05) is 18.2 Å². The number of non-ortho nitro benzene ring substituents is 1. The highest BCUT2D eigenvalue weighted by molar-refractivity contribution is 5.83. The number of benzene rings is 2. The van der Waals surface area contributed by atoms with Crippen molar-refractivity contribution in [2.45, 2.75) is 6.42 Å². The van der Waals surface area contributed by atoms with Crippen LogP contribution >= 0.6 is 0 Å². The molecule has 0 aliphatic heterocycles. The lowest BCUT2D eigenvalue weighted by molar-refractivity contribution is -0.384. The van der Waals surface area contributed by atoms with Gasteiger partial charge < -0.3 is 4.74 Å². The molecule has 0 bridgehead atoms. The summed E-state index contributed by atoms with van der Waals surface area (Å²) in [4.78, 5) is 21.9. The Kier molecular flexibility index (Phi) is 6.41. The second-order valence-electron chi connectivity index (χ2n) is 5.07. The molecule has 0 aliphatic rings. The molecule has 2 aromatic carbocycles. The Morgan fingerprint density at radius 2 is 2.04 bits per heavy atom. The molecule has 0 heterocycles. The van der Waals surface area contributed by atoms with Gasteiger partial charge in [0.1, 0.15) is 12.4 Å². The van der Waals surface area contributed by atoms with Crippen LogP contribution in [0.2, 0.25) is 0 Å². The Hall–Kier alpha value is -3.48. The van der Waals surface area contributed by atoms with Crippen molar-refractivity contribution >= 4 is 17.8 Å². The maximum atomic E-state index is 11.8. The topological polar surface area (TPSA) is 93.8 Å². The van der Waals surface area contributed by atoms with E-state index in [-0.39, 0.29) is 18.0 Å². The molecule has 0 unspecified atom stereocenters. The molecule has 0 spiro atoms. The van der Waals surface area contributed by atoms with Crippen LogP contribution in [0.3, 0.4) is 0 Å². The lowest BCUT2D eigenvalue weighted by atomic mass is 10.1. The van der Waals surface area contributed by atoms with Crippen LogP contribution in [0.5, 0.6) is 5.75 Å². The summed E-state index contributed by atoms with van der Waals surface area (Å²) in [6, 6.07) is 13.1. The largest absolute Gasteiger partial charge is 0.490 e. The standard InChI is InChI=1S/C18H17N3O4/c1-2-10-25-17-5-3-4-15(11-17)13-19-20-18(22)12-14-6-8-16(9-7-14)21(23)24/h2-9,11,13H,1,10,12H2,(H,20,22)/b19-13-. The first kappa shape index (κ1) is 17.9. The first-order valence-corrected chi connectivity index (χ1v) is 7.47. The van der Waals surface area contributed by atoms with E-state index in [1.54, 1.807) is 24.3 Å². The Morgan fingerprint density at radius 3 is 2.72 bits per heavy atom. The van der Waals surface area contributed by atoms with Gasteiger partial charge in [0.15, 0.2) is 0 Å². The number of hydrazone groups is 1. The minimum absolute atomic E-state index is 0.0132. The van der Waals surface area contributed by atoms with E-state index >= 15 is 0 Å². The van der Waals surface area contributed by atoms with E-state index < -0.39 is 4.92 Å². The van der Waals surface area contributed by atoms with E-state index in [0.29, 0.717) is 17.9 Å². The number of nitro groups is 1. The molecule has 2 aromatic rings. The molecule has 0 saturated carbocycles. The van der Waals surface area contributed by atoms with E-state index in [0.717, 1.165) is 5.56 Å². The molecule has 0 aromatic heterocycles. The number of hydrogen-bond donors (Lipinski definition) is 1. The molecular weight excluding hydrogens is 322 g/mol. The van der Waals surface area contributed by atoms with Crippen molar-refractivity contribution in [2.24, 2.45) is 5.10 Å². The summed E-state index contributed by atoms with van der Waals surface area (Å²) in [6.07, 6.45) is 3.24. The smallest absolute Gasteiger partial charge is 0.269 e. The third-order valence-corrected chi connectivity index (χ3v) is 3.14. The zero-order valence-electron chi connectivity index (χ0n) is 13.4. The van der Waals surface area contributed by atoms with Crippen LogP contribution in [-0.4, -0.2) is 23.7 Å². The van der Waals surface area contributed by atoms with E-state index in [4.69, 9.17) is 4.74 Å². The van der Waals surface area contributed by atoms with Crippen LogP contribution in [0.1, 0.15) is 11.1 Å². The van der Waals surface area contributed by atoms with Crippen LogP contribution in [-0.2, 0) is 11.2 Å². The molecule has 1 amide bonds. The number of carbonyl (C=O) groups is 1. The fourth-order valence-corrected chi connectivity index (χ4v) is 1.98. The van der Waals surface area contributed by atoms with Gasteiger partial charge in [-0.25, -0.2) is 5.43 Å². The molecule has 7 nitrogen and oxygen atoms in total. The second kappa shape index (κ2) is 8.97. The summed E-state index contributed by atoms with van der Waals surface area (Å²) in [7, 11) is 0. The zero-order chi connectivity index (χ0) is 18.1. The predicted octanol–water partition coefficient (Wildman–Crippen LogP) is 2.85. The van der Waals surface area contributed by atoms with Gasteiger partial charge in [0.25, 0.3) is 5.69 Å². The zero-order valence-corrected chi connectivity index (χ0v) is 13.4. The first-order valence-electron chi connectivity index (χ1n) is 7.47. The highest BCUT2D eigenvalue weighted by Gasteiger charge is 2.06. The molecule has 0 atom stereocenters. The van der Waals surface area contributed by atoms with Crippen molar-refractivity contribution in [2.75, 3.05) is 6.61 Å². The van der Waals surface area contributed by atoms with Crippen molar-refractivity contribution in [3.63, 3.8) is 0 Å². The van der Waals surface area contributed by atoms with E-state index in [2.05, 4.69) is 17.1 Å². The Morgan fingerprint density at radius 1 is 1.28 bits per heavy atom. The molecular formula is C18H17N3O4. The molecule has 0 fully saturated rings. The molecule has 2 rings (SSSR count). The van der Waals surface area contributed by atoms with Crippen molar-refractivity contribution < 1.29 is 14.5 Å². The highest BCUT2D eigenvalue weighted by Crippen LogP contribution is 2.13. The van der Waals surface area contributed by atoms with Gasteiger partial charge in [-0.2, -0.15) is 5.10 Å². The van der Waals surface area contributed by atoms with Crippen LogP contribution in [0.25, 0.3) is 0 Å². The molecule has 25 heavy (non-hydrogen) atoms. The number of hydrogen-bond acceptors (Lipinski definition) is 5. The fourth-order valence-electron chi connectivity index (χ4n) is 1.98. The maximum Gasteiger partial charge on any atom is 0.269 e. The van der Waals surface area contributed by atoms with Crippen molar-refractivity contribution in [1.82, 2.24) is 5.43 Å². The molecule has 7 heteroatoms. The summed E-state index contributed by atoms with van der Waals surface area (Å²) in [5.74, 6) is 0.366. The Bertz CT molecular complexity index is 785.